The summed E-state index contributed by atoms with van der Waals surface area (Å²) < 4.78 is 0.990. The van der Waals surface area contributed by atoms with E-state index in [1.165, 1.54) is 5.69 Å². The summed E-state index contributed by atoms with van der Waals surface area (Å²) in [6.45, 7) is 0.858. The average molecular weight is 225 g/mol. The molecule has 0 fully saturated rings. The largest absolute Gasteiger partial charge is 0.366 e. The van der Waals surface area contributed by atoms with E-state index in [9.17, 15) is 0 Å². The van der Waals surface area contributed by atoms with Crippen molar-refractivity contribution < 1.29 is 0 Å². The van der Waals surface area contributed by atoms with E-state index in [0.717, 1.165) is 16.9 Å². The number of anilines is 1. The summed E-state index contributed by atoms with van der Waals surface area (Å²) in [6.07, 6.45) is 0. The molecule has 0 atom stereocenters. The lowest BCUT2D eigenvalue weighted by Gasteiger charge is -2.24. The van der Waals surface area contributed by atoms with Gasteiger partial charge in [-0.2, -0.15) is 0 Å². The second kappa shape index (κ2) is 2.90. The predicted molar refractivity (Wildman–Crippen MR) is 55.7 cm³/mol. The Bertz CT molecular complexity index is 333. The third-order valence-corrected chi connectivity index (χ3v) is 2.33. The van der Waals surface area contributed by atoms with Gasteiger partial charge in [-0.1, -0.05) is 12.1 Å². The molecule has 2 rings (SSSR count). The molecule has 1 aromatic rings. The SMILES string of the molecule is CN1CC(Br)=Nc2ccccc21. The van der Waals surface area contributed by atoms with Crippen molar-refractivity contribution in [2.24, 2.45) is 4.99 Å². The van der Waals surface area contributed by atoms with Crippen LogP contribution in [0.15, 0.2) is 29.3 Å². The van der Waals surface area contributed by atoms with E-state index in [1.54, 1.807) is 0 Å². The molecule has 0 bridgehead atoms. The van der Waals surface area contributed by atoms with Crippen LogP contribution in [0.3, 0.4) is 0 Å². The minimum Gasteiger partial charge on any atom is -0.366 e. The van der Waals surface area contributed by atoms with Gasteiger partial charge in [-0.15, -0.1) is 0 Å². The third-order valence-electron chi connectivity index (χ3n) is 1.90. The smallest absolute Gasteiger partial charge is 0.103 e. The van der Waals surface area contributed by atoms with Crippen LogP contribution in [0.4, 0.5) is 11.4 Å². The van der Waals surface area contributed by atoms with Crippen LogP contribution < -0.4 is 4.90 Å². The molecular formula is C9H9BrN2. The number of aliphatic imine (C=N–C) groups is 1. The van der Waals surface area contributed by atoms with Gasteiger partial charge in [-0.25, -0.2) is 4.99 Å². The van der Waals surface area contributed by atoms with Gasteiger partial charge in [0.1, 0.15) is 4.62 Å². The molecule has 0 aromatic heterocycles. The molecule has 62 valence electrons. The normalized spacial score (nSPS) is 15.5. The first-order valence-electron chi connectivity index (χ1n) is 3.80. The molecule has 2 nitrogen and oxygen atoms in total. The zero-order valence-electron chi connectivity index (χ0n) is 6.79. The Morgan fingerprint density at radius 1 is 1.42 bits per heavy atom. The molecule has 0 radical (unpaired) electrons. The zero-order valence-corrected chi connectivity index (χ0v) is 8.37. The van der Waals surface area contributed by atoms with Crippen molar-refractivity contribution in [3.05, 3.63) is 24.3 Å². The van der Waals surface area contributed by atoms with Gasteiger partial charge in [0.05, 0.1) is 17.9 Å². The third kappa shape index (κ3) is 1.25. The fraction of sp³-hybridized carbons (Fsp3) is 0.222. The summed E-state index contributed by atoms with van der Waals surface area (Å²) in [4.78, 5) is 6.56. The van der Waals surface area contributed by atoms with Crippen molar-refractivity contribution in [2.75, 3.05) is 18.5 Å². The molecule has 0 amide bonds. The van der Waals surface area contributed by atoms with Gasteiger partial charge in [0.25, 0.3) is 0 Å². The highest BCUT2D eigenvalue weighted by atomic mass is 79.9. The number of para-hydroxylation sites is 2. The molecule has 0 saturated heterocycles. The maximum absolute atomic E-state index is 4.39. The number of benzene rings is 1. The first-order valence-corrected chi connectivity index (χ1v) is 4.60. The van der Waals surface area contributed by atoms with Crippen LogP contribution in [0.5, 0.6) is 0 Å². The van der Waals surface area contributed by atoms with Crippen molar-refractivity contribution in [1.29, 1.82) is 0 Å². The highest BCUT2D eigenvalue weighted by Crippen LogP contribution is 2.31. The van der Waals surface area contributed by atoms with E-state index in [1.807, 2.05) is 18.2 Å². The highest BCUT2D eigenvalue weighted by molar-refractivity contribution is 9.18. The Hall–Kier alpha value is -0.830. The molecule has 0 spiro atoms. The topological polar surface area (TPSA) is 15.6 Å². The molecule has 3 heteroatoms. The number of hydrogen-bond donors (Lipinski definition) is 0. The minimum atomic E-state index is 0.858. The van der Waals surface area contributed by atoms with Gasteiger partial charge in [-0.3, -0.25) is 0 Å². The molecule has 0 N–H and O–H groups in total. The Balaban J connectivity index is 2.55. The summed E-state index contributed by atoms with van der Waals surface area (Å²) in [7, 11) is 2.06. The molecule has 0 unspecified atom stereocenters. The second-order valence-corrected chi connectivity index (χ2v) is 3.75. The first-order chi connectivity index (χ1) is 5.77. The van der Waals surface area contributed by atoms with E-state index < -0.39 is 0 Å². The standard InChI is InChI=1S/C9H9BrN2/c1-12-6-9(10)11-7-4-2-3-5-8(7)12/h2-5H,6H2,1H3. The Kier molecular flexibility index (Phi) is 1.89. The molecule has 1 aromatic carbocycles. The van der Waals surface area contributed by atoms with E-state index >= 15 is 0 Å². The molecular weight excluding hydrogens is 216 g/mol. The summed E-state index contributed by atoms with van der Waals surface area (Å²) in [5.74, 6) is 0. The van der Waals surface area contributed by atoms with Gasteiger partial charge >= 0.3 is 0 Å². The van der Waals surface area contributed by atoms with E-state index in [0.29, 0.717) is 0 Å². The monoisotopic (exact) mass is 224 g/mol. The molecule has 1 aliphatic heterocycles. The maximum atomic E-state index is 4.39. The highest BCUT2D eigenvalue weighted by Gasteiger charge is 2.12. The number of nitrogens with zero attached hydrogens (tertiary/aromatic N) is 2. The van der Waals surface area contributed by atoms with Gasteiger partial charge in [0.15, 0.2) is 0 Å². The van der Waals surface area contributed by atoms with Crippen LogP contribution in [-0.2, 0) is 0 Å². The summed E-state index contributed by atoms with van der Waals surface area (Å²) in [6, 6.07) is 8.14. The fourth-order valence-corrected chi connectivity index (χ4v) is 1.90. The van der Waals surface area contributed by atoms with Crippen LogP contribution in [0.25, 0.3) is 0 Å². The van der Waals surface area contributed by atoms with E-state index in [-0.39, 0.29) is 0 Å². The molecule has 0 aliphatic carbocycles. The van der Waals surface area contributed by atoms with Crippen LogP contribution in [0.1, 0.15) is 0 Å². The van der Waals surface area contributed by atoms with Crippen LogP contribution in [0, 0.1) is 0 Å². The van der Waals surface area contributed by atoms with Crippen LogP contribution in [0.2, 0.25) is 0 Å². The Morgan fingerprint density at radius 3 is 3.00 bits per heavy atom. The van der Waals surface area contributed by atoms with Crippen molar-refractivity contribution in [3.63, 3.8) is 0 Å². The van der Waals surface area contributed by atoms with Crippen molar-refractivity contribution in [3.8, 4) is 0 Å². The summed E-state index contributed by atoms with van der Waals surface area (Å²) in [5, 5.41) is 0. The fourth-order valence-electron chi connectivity index (χ4n) is 1.33. The lowest BCUT2D eigenvalue weighted by atomic mass is 10.2. The second-order valence-electron chi connectivity index (χ2n) is 2.83. The van der Waals surface area contributed by atoms with Crippen LogP contribution >= 0.6 is 15.9 Å². The quantitative estimate of drug-likeness (QED) is 0.662. The predicted octanol–water partition coefficient (Wildman–Crippen LogP) is 2.56. The number of fused-ring (bicyclic) bond motifs is 1. The van der Waals surface area contributed by atoms with Gasteiger partial charge in [-0.05, 0) is 28.1 Å². The molecule has 1 heterocycles. The van der Waals surface area contributed by atoms with Crippen molar-refractivity contribution >= 4 is 31.9 Å². The Labute approximate surface area is 80.0 Å². The first kappa shape index (κ1) is 7.80. The molecule has 1 aliphatic rings. The van der Waals surface area contributed by atoms with Gasteiger partial charge in [0.2, 0.25) is 0 Å². The maximum Gasteiger partial charge on any atom is 0.103 e. The van der Waals surface area contributed by atoms with Gasteiger partial charge in [0, 0.05) is 7.05 Å². The summed E-state index contributed by atoms with van der Waals surface area (Å²) in [5.41, 5.74) is 2.24. The lowest BCUT2D eigenvalue weighted by molar-refractivity contribution is 1.05. The van der Waals surface area contributed by atoms with Crippen molar-refractivity contribution in [2.45, 2.75) is 0 Å². The average Bonchev–Trinajstić information content (AvgIpc) is 2.04. The van der Waals surface area contributed by atoms with Crippen LogP contribution in [-0.4, -0.2) is 18.2 Å². The van der Waals surface area contributed by atoms with Gasteiger partial charge < -0.3 is 4.90 Å². The van der Waals surface area contributed by atoms with Crippen molar-refractivity contribution in [1.82, 2.24) is 0 Å². The zero-order chi connectivity index (χ0) is 8.55. The summed E-state index contributed by atoms with van der Waals surface area (Å²) >= 11 is 3.41. The van der Waals surface area contributed by atoms with E-state index in [2.05, 4.69) is 38.9 Å². The Morgan fingerprint density at radius 2 is 2.17 bits per heavy atom. The van der Waals surface area contributed by atoms with E-state index in [4.69, 9.17) is 0 Å². The molecule has 12 heavy (non-hydrogen) atoms. The number of rotatable bonds is 0. The molecule has 0 saturated carbocycles. The number of hydrogen-bond acceptors (Lipinski definition) is 2. The minimum absolute atomic E-state index is 0.858. The lowest BCUT2D eigenvalue weighted by Crippen LogP contribution is -2.25. The number of halogens is 1.